The number of hydrogen-bond donors (Lipinski definition) is 2. The largest absolute Gasteiger partial charge is 0.507 e. The maximum absolute atomic E-state index is 12.8. The molecule has 2 aliphatic carbocycles. The molecule has 3 aliphatic rings. The topological polar surface area (TPSA) is 94.9 Å². The van der Waals surface area contributed by atoms with Crippen molar-refractivity contribution in [2.24, 2.45) is 23.7 Å². The molecule has 6 nitrogen and oxygen atoms in total. The molecule has 2 amide bonds. The van der Waals surface area contributed by atoms with Crippen LogP contribution in [0.1, 0.15) is 16.8 Å². The Labute approximate surface area is 154 Å². The number of hydrogen-bond acceptors (Lipinski definition) is 4. The zero-order chi connectivity index (χ0) is 17.3. The monoisotopic (exact) mass is 457 g/mol. The number of imide groups is 1. The number of benzene rings is 1. The average molecular weight is 459 g/mol. The van der Waals surface area contributed by atoms with Gasteiger partial charge in [-0.15, -0.1) is 0 Å². The van der Waals surface area contributed by atoms with Gasteiger partial charge in [0.25, 0.3) is 0 Å². The summed E-state index contributed by atoms with van der Waals surface area (Å²) in [6.45, 7) is 0. The van der Waals surface area contributed by atoms with Crippen LogP contribution in [0.25, 0.3) is 0 Å². The lowest BCUT2D eigenvalue weighted by Gasteiger charge is -2.28. The molecule has 2 bridgehead atoms. The second-order valence-corrected chi connectivity index (χ2v) is 8.64. The molecule has 6 atom stereocenters. The quantitative estimate of drug-likeness (QED) is 0.524. The van der Waals surface area contributed by atoms with Crippen molar-refractivity contribution in [3.05, 3.63) is 23.8 Å². The molecule has 0 radical (unpaired) electrons. The van der Waals surface area contributed by atoms with Crippen molar-refractivity contribution in [2.45, 2.75) is 16.1 Å². The molecular formula is C16H13Br2NO5. The van der Waals surface area contributed by atoms with Gasteiger partial charge in [0.05, 0.1) is 17.5 Å². The Balaban J connectivity index is 1.72. The first kappa shape index (κ1) is 16.1. The molecule has 1 aromatic rings. The standard InChI is InChI=1S/C16H13Br2NO5/c17-12-7-4-8(13(12)18)11-10(7)14(21)19(15(11)22)5-1-2-6(16(23)24)9(20)3-5/h1-3,7-8,10-13,20H,4H2,(H,23,24)/t7-,8-,10-,11+,12-,13+/m1/s1. The maximum Gasteiger partial charge on any atom is 0.339 e. The van der Waals surface area contributed by atoms with Gasteiger partial charge in [0.1, 0.15) is 11.3 Å². The third kappa shape index (κ3) is 1.95. The molecule has 0 spiro atoms. The normalized spacial score (nSPS) is 37.2. The van der Waals surface area contributed by atoms with E-state index in [2.05, 4.69) is 31.9 Å². The Morgan fingerprint density at radius 1 is 1.08 bits per heavy atom. The van der Waals surface area contributed by atoms with Crippen molar-refractivity contribution in [1.29, 1.82) is 0 Å². The van der Waals surface area contributed by atoms with Gasteiger partial charge in [-0.1, -0.05) is 31.9 Å². The Kier molecular flexibility index (Phi) is 3.55. The second-order valence-electron chi connectivity index (χ2n) is 6.52. The Bertz CT molecular complexity index is 750. The number of alkyl halides is 2. The SMILES string of the molecule is O=C(O)c1ccc(N2C(=O)[C@@H]3[C@H]4C[C@@H]([C@H](Br)[C@@H]4Br)[C@@H]3C2=O)cc1O. The molecule has 4 rings (SSSR count). The van der Waals surface area contributed by atoms with Crippen LogP contribution in [0.4, 0.5) is 5.69 Å². The van der Waals surface area contributed by atoms with Gasteiger partial charge in [0, 0.05) is 15.7 Å². The highest BCUT2D eigenvalue weighted by atomic mass is 79.9. The van der Waals surface area contributed by atoms with Crippen molar-refractivity contribution in [2.75, 3.05) is 4.90 Å². The molecule has 0 unspecified atom stereocenters. The van der Waals surface area contributed by atoms with E-state index in [1.165, 1.54) is 18.2 Å². The summed E-state index contributed by atoms with van der Waals surface area (Å²) in [5.74, 6) is -2.72. The van der Waals surface area contributed by atoms with E-state index in [0.29, 0.717) is 0 Å². The van der Waals surface area contributed by atoms with E-state index in [-0.39, 0.29) is 56.4 Å². The zero-order valence-electron chi connectivity index (χ0n) is 12.2. The molecule has 1 heterocycles. The molecule has 8 heteroatoms. The number of phenols is 1. The van der Waals surface area contributed by atoms with Gasteiger partial charge in [-0.2, -0.15) is 0 Å². The highest BCUT2D eigenvalue weighted by molar-refractivity contribution is 9.12. The number of nitrogens with zero attached hydrogens (tertiary/aromatic N) is 1. The van der Waals surface area contributed by atoms with Crippen LogP contribution in [0.15, 0.2) is 18.2 Å². The van der Waals surface area contributed by atoms with Crippen LogP contribution in [0.2, 0.25) is 0 Å². The molecule has 2 saturated carbocycles. The first-order valence-electron chi connectivity index (χ1n) is 7.55. The summed E-state index contributed by atoms with van der Waals surface area (Å²) >= 11 is 7.25. The number of aromatic hydroxyl groups is 1. The molecule has 24 heavy (non-hydrogen) atoms. The fourth-order valence-corrected chi connectivity index (χ4v) is 6.32. The lowest BCUT2D eigenvalue weighted by atomic mass is 9.81. The van der Waals surface area contributed by atoms with E-state index >= 15 is 0 Å². The van der Waals surface area contributed by atoms with Gasteiger partial charge in [0.15, 0.2) is 0 Å². The van der Waals surface area contributed by atoms with Crippen LogP contribution in [-0.2, 0) is 9.59 Å². The summed E-state index contributed by atoms with van der Waals surface area (Å²) in [5.41, 5.74) is -0.0438. The van der Waals surface area contributed by atoms with E-state index in [1.807, 2.05) is 0 Å². The molecule has 1 aliphatic heterocycles. The summed E-state index contributed by atoms with van der Waals surface area (Å²) in [6.07, 6.45) is 0.843. The van der Waals surface area contributed by atoms with Crippen molar-refractivity contribution in [1.82, 2.24) is 0 Å². The summed E-state index contributed by atoms with van der Waals surface area (Å²) in [7, 11) is 0. The van der Waals surface area contributed by atoms with Crippen LogP contribution in [0.5, 0.6) is 5.75 Å². The first-order valence-corrected chi connectivity index (χ1v) is 9.38. The van der Waals surface area contributed by atoms with Crippen LogP contribution in [-0.4, -0.2) is 37.7 Å². The molecule has 0 aromatic heterocycles. The van der Waals surface area contributed by atoms with Crippen molar-refractivity contribution in [3.8, 4) is 5.75 Å². The van der Waals surface area contributed by atoms with Gasteiger partial charge in [-0.3, -0.25) is 9.59 Å². The number of rotatable bonds is 2. The van der Waals surface area contributed by atoms with Crippen molar-refractivity contribution >= 4 is 55.3 Å². The van der Waals surface area contributed by atoms with Gasteiger partial charge in [-0.25, -0.2) is 9.69 Å². The highest BCUT2D eigenvalue weighted by Gasteiger charge is 2.66. The lowest BCUT2D eigenvalue weighted by Crippen LogP contribution is -2.37. The van der Waals surface area contributed by atoms with Crippen molar-refractivity contribution in [3.63, 3.8) is 0 Å². The summed E-state index contributed by atoms with van der Waals surface area (Å²) in [5, 5.41) is 18.8. The number of carbonyl (C=O) groups excluding carboxylic acids is 2. The second kappa shape index (κ2) is 5.29. The smallest absolute Gasteiger partial charge is 0.339 e. The van der Waals surface area contributed by atoms with E-state index < -0.39 is 11.7 Å². The van der Waals surface area contributed by atoms with E-state index in [4.69, 9.17) is 5.11 Å². The molecule has 3 fully saturated rings. The van der Waals surface area contributed by atoms with Gasteiger partial charge in [0.2, 0.25) is 11.8 Å². The number of carboxylic acids is 1. The zero-order valence-corrected chi connectivity index (χ0v) is 15.4. The fraction of sp³-hybridized carbons (Fsp3) is 0.438. The van der Waals surface area contributed by atoms with Gasteiger partial charge >= 0.3 is 5.97 Å². The Hall–Kier alpha value is -1.41. The van der Waals surface area contributed by atoms with E-state index in [9.17, 15) is 19.5 Å². The predicted octanol–water partition coefficient (Wildman–Crippen LogP) is 2.37. The van der Waals surface area contributed by atoms with Crippen LogP contribution in [0, 0.1) is 23.7 Å². The fourth-order valence-electron chi connectivity index (χ4n) is 4.44. The van der Waals surface area contributed by atoms with Gasteiger partial charge in [-0.05, 0) is 30.4 Å². The predicted molar refractivity (Wildman–Crippen MR) is 91.6 cm³/mol. The van der Waals surface area contributed by atoms with Gasteiger partial charge < -0.3 is 10.2 Å². The van der Waals surface area contributed by atoms with Crippen LogP contribution < -0.4 is 4.90 Å². The lowest BCUT2D eigenvalue weighted by molar-refractivity contribution is -0.123. The maximum atomic E-state index is 12.8. The number of fused-ring (bicyclic) bond motifs is 5. The van der Waals surface area contributed by atoms with Crippen LogP contribution >= 0.6 is 31.9 Å². The summed E-state index contributed by atoms with van der Waals surface area (Å²) in [4.78, 5) is 38.1. The van der Waals surface area contributed by atoms with Crippen molar-refractivity contribution < 1.29 is 24.6 Å². The minimum atomic E-state index is -1.27. The van der Waals surface area contributed by atoms with E-state index in [0.717, 1.165) is 11.3 Å². The number of carboxylic acid groups (broad SMARTS) is 1. The summed E-state index contributed by atoms with van der Waals surface area (Å²) in [6, 6.07) is 3.76. The minimum absolute atomic E-state index is 0.109. The third-order valence-electron chi connectivity index (χ3n) is 5.46. The number of halogens is 2. The highest BCUT2D eigenvalue weighted by Crippen LogP contribution is 2.60. The van der Waals surface area contributed by atoms with E-state index in [1.54, 1.807) is 0 Å². The Morgan fingerprint density at radius 3 is 2.08 bits per heavy atom. The number of amides is 2. The number of anilines is 1. The number of carbonyl (C=O) groups is 3. The minimum Gasteiger partial charge on any atom is -0.507 e. The van der Waals surface area contributed by atoms with Crippen LogP contribution in [0.3, 0.4) is 0 Å². The molecule has 126 valence electrons. The first-order chi connectivity index (χ1) is 11.3. The molecule has 1 saturated heterocycles. The average Bonchev–Trinajstić information content (AvgIpc) is 3.12. The third-order valence-corrected chi connectivity index (χ3v) is 8.66. The Morgan fingerprint density at radius 2 is 1.62 bits per heavy atom. The number of aromatic carboxylic acids is 1. The molecule has 2 N–H and O–H groups in total. The molecule has 1 aromatic carbocycles. The summed E-state index contributed by atoms with van der Waals surface area (Å²) < 4.78 is 0. The molecular weight excluding hydrogens is 446 g/mol.